The lowest BCUT2D eigenvalue weighted by Gasteiger charge is -2.14. The number of benzene rings is 1. The molecular formula is C13H16O3. The molecule has 16 heavy (non-hydrogen) atoms. The lowest BCUT2D eigenvalue weighted by Crippen LogP contribution is -2.16. The zero-order valence-corrected chi connectivity index (χ0v) is 9.22. The van der Waals surface area contributed by atoms with Gasteiger partial charge >= 0.3 is 0 Å². The van der Waals surface area contributed by atoms with Crippen LogP contribution in [0.15, 0.2) is 24.3 Å². The molecular weight excluding hydrogens is 204 g/mol. The Labute approximate surface area is 95.4 Å². The van der Waals surface area contributed by atoms with Crippen LogP contribution in [0.2, 0.25) is 0 Å². The van der Waals surface area contributed by atoms with Crippen LogP contribution in [0.5, 0.6) is 5.75 Å². The van der Waals surface area contributed by atoms with Gasteiger partial charge in [0.2, 0.25) is 0 Å². The minimum absolute atomic E-state index is 0.164. The summed E-state index contributed by atoms with van der Waals surface area (Å²) in [6.07, 6.45) is 3.34. The zero-order valence-electron chi connectivity index (χ0n) is 9.22. The second-order valence-electron chi connectivity index (χ2n) is 3.92. The fourth-order valence-corrected chi connectivity index (χ4v) is 1.83. The Balaban J connectivity index is 2.02. The van der Waals surface area contributed by atoms with Crippen LogP contribution in [0, 0.1) is 0 Å². The second kappa shape index (κ2) is 5.66. The number of ether oxygens (including phenoxy) is 2. The van der Waals surface area contributed by atoms with Crippen LogP contribution in [-0.2, 0) is 16.0 Å². The van der Waals surface area contributed by atoms with E-state index in [2.05, 4.69) is 0 Å². The van der Waals surface area contributed by atoms with Crippen molar-refractivity contribution in [1.82, 2.24) is 0 Å². The Hall–Kier alpha value is -1.35. The van der Waals surface area contributed by atoms with Crippen molar-refractivity contribution < 1.29 is 14.3 Å². The van der Waals surface area contributed by atoms with Crippen molar-refractivity contribution in [3.63, 3.8) is 0 Å². The van der Waals surface area contributed by atoms with E-state index in [1.165, 1.54) is 0 Å². The SMILES string of the molecule is O=CCCc1ccccc1OC1CCOC1. The standard InChI is InChI=1S/C13H16O3/c14-8-3-5-11-4-1-2-6-13(11)16-12-7-9-15-10-12/h1-2,4,6,8,12H,3,5,7,9-10H2. The maximum atomic E-state index is 10.4. The molecule has 3 heteroatoms. The Morgan fingerprint density at radius 2 is 2.31 bits per heavy atom. The van der Waals surface area contributed by atoms with Gasteiger partial charge in [0.25, 0.3) is 0 Å². The molecule has 1 unspecified atom stereocenters. The Bertz CT molecular complexity index is 343. The predicted molar refractivity (Wildman–Crippen MR) is 60.7 cm³/mol. The van der Waals surface area contributed by atoms with Crippen LogP contribution in [0.3, 0.4) is 0 Å². The van der Waals surface area contributed by atoms with Crippen molar-refractivity contribution in [2.75, 3.05) is 13.2 Å². The zero-order chi connectivity index (χ0) is 11.2. The van der Waals surface area contributed by atoms with E-state index < -0.39 is 0 Å². The van der Waals surface area contributed by atoms with Crippen LogP contribution in [-0.4, -0.2) is 25.6 Å². The molecule has 1 aromatic carbocycles. The minimum Gasteiger partial charge on any atom is -0.488 e. The Morgan fingerprint density at radius 3 is 3.06 bits per heavy atom. The van der Waals surface area contributed by atoms with Gasteiger partial charge in [-0.1, -0.05) is 18.2 Å². The predicted octanol–water partition coefficient (Wildman–Crippen LogP) is 1.99. The molecule has 0 saturated carbocycles. The van der Waals surface area contributed by atoms with Crippen LogP contribution < -0.4 is 4.74 Å². The van der Waals surface area contributed by atoms with Gasteiger partial charge in [0.05, 0.1) is 13.2 Å². The van der Waals surface area contributed by atoms with Gasteiger partial charge in [-0.25, -0.2) is 0 Å². The summed E-state index contributed by atoms with van der Waals surface area (Å²) in [4.78, 5) is 10.4. The van der Waals surface area contributed by atoms with Gasteiger partial charge in [0, 0.05) is 12.8 Å². The van der Waals surface area contributed by atoms with Crippen LogP contribution in [0.4, 0.5) is 0 Å². The van der Waals surface area contributed by atoms with Gasteiger partial charge in [-0.3, -0.25) is 0 Å². The van der Waals surface area contributed by atoms with Crippen LogP contribution >= 0.6 is 0 Å². The molecule has 0 radical (unpaired) electrons. The fourth-order valence-electron chi connectivity index (χ4n) is 1.83. The summed E-state index contributed by atoms with van der Waals surface area (Å²) in [6.45, 7) is 1.45. The molecule has 0 bridgehead atoms. The molecule has 0 aromatic heterocycles. The van der Waals surface area contributed by atoms with Gasteiger partial charge in [-0.2, -0.15) is 0 Å². The number of para-hydroxylation sites is 1. The first-order valence-corrected chi connectivity index (χ1v) is 5.66. The maximum absolute atomic E-state index is 10.4. The number of carbonyl (C=O) groups excluding carboxylic acids is 1. The summed E-state index contributed by atoms with van der Waals surface area (Å²) in [5, 5.41) is 0. The molecule has 1 atom stereocenters. The van der Waals surface area contributed by atoms with Crippen molar-refractivity contribution in [1.29, 1.82) is 0 Å². The average Bonchev–Trinajstić information content (AvgIpc) is 2.81. The molecule has 2 rings (SSSR count). The van der Waals surface area contributed by atoms with E-state index in [1.54, 1.807) is 0 Å². The number of carbonyl (C=O) groups is 1. The molecule has 1 saturated heterocycles. The Kier molecular flexibility index (Phi) is 3.94. The third kappa shape index (κ3) is 2.83. The number of rotatable bonds is 5. The average molecular weight is 220 g/mol. The lowest BCUT2D eigenvalue weighted by atomic mass is 10.1. The van der Waals surface area contributed by atoms with Crippen molar-refractivity contribution in [2.45, 2.75) is 25.4 Å². The molecule has 0 amide bonds. The van der Waals surface area contributed by atoms with Gasteiger partial charge < -0.3 is 14.3 Å². The lowest BCUT2D eigenvalue weighted by molar-refractivity contribution is -0.107. The van der Waals surface area contributed by atoms with E-state index in [0.717, 1.165) is 37.0 Å². The van der Waals surface area contributed by atoms with Crippen molar-refractivity contribution in [2.24, 2.45) is 0 Å². The number of hydrogen-bond acceptors (Lipinski definition) is 3. The number of hydrogen-bond donors (Lipinski definition) is 0. The minimum atomic E-state index is 0.164. The highest BCUT2D eigenvalue weighted by molar-refractivity contribution is 5.50. The maximum Gasteiger partial charge on any atom is 0.124 e. The normalized spacial score (nSPS) is 19.6. The van der Waals surface area contributed by atoms with Crippen LogP contribution in [0.1, 0.15) is 18.4 Å². The van der Waals surface area contributed by atoms with Gasteiger partial charge in [0.15, 0.2) is 0 Å². The summed E-state index contributed by atoms with van der Waals surface area (Å²) < 4.78 is 11.1. The quantitative estimate of drug-likeness (QED) is 0.712. The summed E-state index contributed by atoms with van der Waals surface area (Å²) in [5.41, 5.74) is 1.10. The van der Waals surface area contributed by atoms with Crippen molar-refractivity contribution >= 4 is 6.29 Å². The number of aryl methyl sites for hydroxylation is 1. The van der Waals surface area contributed by atoms with Gasteiger partial charge in [-0.05, 0) is 18.1 Å². The van der Waals surface area contributed by atoms with Gasteiger partial charge in [-0.15, -0.1) is 0 Å². The van der Waals surface area contributed by atoms with E-state index in [-0.39, 0.29) is 6.10 Å². The topological polar surface area (TPSA) is 35.5 Å². The van der Waals surface area contributed by atoms with E-state index in [4.69, 9.17) is 9.47 Å². The summed E-state index contributed by atoms with van der Waals surface area (Å²) >= 11 is 0. The highest BCUT2D eigenvalue weighted by Gasteiger charge is 2.18. The monoisotopic (exact) mass is 220 g/mol. The van der Waals surface area contributed by atoms with Crippen LogP contribution in [0.25, 0.3) is 0 Å². The summed E-state index contributed by atoms with van der Waals surface area (Å²) in [5.74, 6) is 0.889. The highest BCUT2D eigenvalue weighted by atomic mass is 16.5. The van der Waals surface area contributed by atoms with Crippen molar-refractivity contribution in [3.8, 4) is 5.75 Å². The molecule has 0 N–H and O–H groups in total. The molecule has 1 heterocycles. The van der Waals surface area contributed by atoms with E-state index in [0.29, 0.717) is 13.0 Å². The third-order valence-corrected chi connectivity index (χ3v) is 2.69. The van der Waals surface area contributed by atoms with Gasteiger partial charge in [0.1, 0.15) is 18.1 Å². The Morgan fingerprint density at radius 1 is 1.44 bits per heavy atom. The molecule has 1 aliphatic heterocycles. The number of aldehydes is 1. The molecule has 1 fully saturated rings. The summed E-state index contributed by atoms with van der Waals surface area (Å²) in [6, 6.07) is 7.89. The smallest absolute Gasteiger partial charge is 0.124 e. The molecule has 1 aliphatic rings. The first kappa shape index (κ1) is 11.1. The largest absolute Gasteiger partial charge is 0.488 e. The first-order chi connectivity index (χ1) is 7.90. The third-order valence-electron chi connectivity index (χ3n) is 2.69. The van der Waals surface area contributed by atoms with E-state index in [1.807, 2.05) is 24.3 Å². The fraction of sp³-hybridized carbons (Fsp3) is 0.462. The molecule has 1 aromatic rings. The summed E-state index contributed by atoms with van der Waals surface area (Å²) in [7, 11) is 0. The molecule has 3 nitrogen and oxygen atoms in total. The molecule has 86 valence electrons. The first-order valence-electron chi connectivity index (χ1n) is 5.66. The molecule has 0 aliphatic carbocycles. The molecule has 0 spiro atoms. The van der Waals surface area contributed by atoms with E-state index in [9.17, 15) is 4.79 Å². The van der Waals surface area contributed by atoms with Crippen molar-refractivity contribution in [3.05, 3.63) is 29.8 Å². The van der Waals surface area contributed by atoms with E-state index >= 15 is 0 Å². The second-order valence-corrected chi connectivity index (χ2v) is 3.92. The highest BCUT2D eigenvalue weighted by Crippen LogP contribution is 2.22.